The van der Waals surface area contributed by atoms with Gasteiger partial charge < -0.3 is 15.1 Å². The van der Waals surface area contributed by atoms with Crippen LogP contribution in [0.3, 0.4) is 0 Å². The number of aromatic nitrogens is 4. The van der Waals surface area contributed by atoms with Gasteiger partial charge in [-0.3, -0.25) is 0 Å². The maximum atomic E-state index is 5.61. The van der Waals surface area contributed by atoms with Crippen molar-refractivity contribution >= 4 is 5.96 Å². The van der Waals surface area contributed by atoms with Crippen molar-refractivity contribution in [2.45, 2.75) is 26.6 Å². The minimum absolute atomic E-state index is 0.522. The lowest BCUT2D eigenvalue weighted by Crippen LogP contribution is -2.36. The molecule has 0 aliphatic carbocycles. The van der Waals surface area contributed by atoms with E-state index in [0.29, 0.717) is 25.5 Å². The third-order valence-corrected chi connectivity index (χ3v) is 4.58. The molecule has 0 saturated carbocycles. The van der Waals surface area contributed by atoms with Gasteiger partial charge in [0.05, 0.1) is 25.3 Å². The first-order valence-corrected chi connectivity index (χ1v) is 10.2. The molecular formula is C23H25N7O. The fourth-order valence-electron chi connectivity index (χ4n) is 3.12. The summed E-state index contributed by atoms with van der Waals surface area (Å²) >= 11 is 0. The van der Waals surface area contributed by atoms with Gasteiger partial charge in [0.1, 0.15) is 18.9 Å². The Hall–Kier alpha value is -3.94. The highest BCUT2D eigenvalue weighted by Crippen LogP contribution is 2.17. The Morgan fingerprint density at radius 3 is 2.74 bits per heavy atom. The Morgan fingerprint density at radius 1 is 1.06 bits per heavy atom. The van der Waals surface area contributed by atoms with E-state index < -0.39 is 0 Å². The zero-order valence-corrected chi connectivity index (χ0v) is 17.4. The molecule has 0 amide bonds. The van der Waals surface area contributed by atoms with Gasteiger partial charge in [0.2, 0.25) is 5.89 Å². The number of hydrogen-bond donors (Lipinski definition) is 2. The van der Waals surface area contributed by atoms with Crippen molar-refractivity contribution in [3.8, 4) is 11.5 Å². The van der Waals surface area contributed by atoms with Crippen molar-refractivity contribution in [2.24, 2.45) is 4.99 Å². The molecule has 2 aromatic heterocycles. The second kappa shape index (κ2) is 10.2. The molecule has 2 N–H and O–H groups in total. The topological polar surface area (TPSA) is 93.2 Å². The van der Waals surface area contributed by atoms with E-state index >= 15 is 0 Å². The van der Waals surface area contributed by atoms with Crippen LogP contribution in [0.4, 0.5) is 0 Å². The summed E-state index contributed by atoms with van der Waals surface area (Å²) in [6.45, 7) is 4.58. The lowest BCUT2D eigenvalue weighted by atomic mass is 10.1. The molecule has 0 bridgehead atoms. The molecule has 31 heavy (non-hydrogen) atoms. The molecule has 0 fully saturated rings. The molecule has 158 valence electrons. The van der Waals surface area contributed by atoms with Gasteiger partial charge >= 0.3 is 0 Å². The minimum Gasteiger partial charge on any atom is -0.444 e. The van der Waals surface area contributed by atoms with Crippen LogP contribution in [-0.4, -0.2) is 32.3 Å². The largest absolute Gasteiger partial charge is 0.444 e. The maximum Gasteiger partial charge on any atom is 0.226 e. The van der Waals surface area contributed by atoms with Gasteiger partial charge in [-0.05, 0) is 30.2 Å². The summed E-state index contributed by atoms with van der Waals surface area (Å²) in [5.74, 6) is 1.34. The average Bonchev–Trinajstić information content (AvgIpc) is 3.49. The molecule has 2 heterocycles. The molecule has 0 aliphatic rings. The van der Waals surface area contributed by atoms with Gasteiger partial charge in [-0.25, -0.2) is 19.6 Å². The van der Waals surface area contributed by atoms with E-state index in [4.69, 9.17) is 9.41 Å². The first-order chi connectivity index (χ1) is 15.3. The van der Waals surface area contributed by atoms with E-state index in [0.717, 1.165) is 34.9 Å². The second-order valence-corrected chi connectivity index (χ2v) is 6.97. The molecular weight excluding hydrogens is 390 g/mol. The minimum atomic E-state index is 0.522. The molecule has 8 nitrogen and oxygen atoms in total. The quantitative estimate of drug-likeness (QED) is 0.339. The molecule has 4 rings (SSSR count). The Kier molecular flexibility index (Phi) is 6.69. The van der Waals surface area contributed by atoms with Crippen molar-refractivity contribution in [3.63, 3.8) is 0 Å². The Bertz CT molecular complexity index is 1100. The number of hydrogen-bond acceptors (Lipinski definition) is 5. The molecule has 0 aliphatic heterocycles. The fourth-order valence-corrected chi connectivity index (χ4v) is 3.12. The van der Waals surface area contributed by atoms with Crippen molar-refractivity contribution in [2.75, 3.05) is 6.54 Å². The highest BCUT2D eigenvalue weighted by molar-refractivity contribution is 5.79. The SMILES string of the molecule is CCNC(=NCc1cccc(Cn2cncn2)c1)NCc1coc(-c2ccccc2)n1. The van der Waals surface area contributed by atoms with E-state index in [1.54, 1.807) is 23.6 Å². The first-order valence-electron chi connectivity index (χ1n) is 10.2. The number of aliphatic imine (C=N–C) groups is 1. The van der Waals surface area contributed by atoms with Gasteiger partial charge in [0.15, 0.2) is 5.96 Å². The molecule has 8 heteroatoms. The van der Waals surface area contributed by atoms with E-state index in [2.05, 4.69) is 43.9 Å². The highest BCUT2D eigenvalue weighted by atomic mass is 16.3. The molecule has 0 atom stereocenters. The summed E-state index contributed by atoms with van der Waals surface area (Å²) < 4.78 is 7.41. The van der Waals surface area contributed by atoms with E-state index in [9.17, 15) is 0 Å². The molecule has 0 unspecified atom stereocenters. The van der Waals surface area contributed by atoms with Gasteiger partial charge in [-0.15, -0.1) is 0 Å². The van der Waals surface area contributed by atoms with Crippen LogP contribution in [0.2, 0.25) is 0 Å². The second-order valence-electron chi connectivity index (χ2n) is 6.97. The maximum absolute atomic E-state index is 5.61. The summed E-state index contributed by atoms with van der Waals surface area (Å²) in [5, 5.41) is 10.7. The normalized spacial score (nSPS) is 11.5. The zero-order valence-electron chi connectivity index (χ0n) is 17.4. The molecule has 2 aromatic carbocycles. The Morgan fingerprint density at radius 2 is 1.94 bits per heavy atom. The van der Waals surface area contributed by atoms with Crippen LogP contribution in [-0.2, 0) is 19.6 Å². The van der Waals surface area contributed by atoms with Crippen LogP contribution in [0, 0.1) is 0 Å². The predicted molar refractivity (Wildman–Crippen MR) is 119 cm³/mol. The molecule has 4 aromatic rings. The van der Waals surface area contributed by atoms with Gasteiger partial charge in [-0.2, -0.15) is 5.10 Å². The molecule has 0 radical (unpaired) electrons. The predicted octanol–water partition coefficient (Wildman–Crippen LogP) is 3.24. The van der Waals surface area contributed by atoms with Crippen LogP contribution in [0.15, 0.2) is 82.9 Å². The lowest BCUT2D eigenvalue weighted by molar-refractivity contribution is 0.572. The third kappa shape index (κ3) is 5.79. The average molecular weight is 416 g/mol. The van der Waals surface area contributed by atoms with Gasteiger partial charge in [0.25, 0.3) is 0 Å². The number of benzene rings is 2. The van der Waals surface area contributed by atoms with E-state index in [1.165, 1.54) is 0 Å². The number of rotatable bonds is 8. The monoisotopic (exact) mass is 415 g/mol. The van der Waals surface area contributed by atoms with Gasteiger partial charge in [-0.1, -0.05) is 42.5 Å². The first kappa shape index (κ1) is 20.3. The van der Waals surface area contributed by atoms with Crippen LogP contribution in [0.5, 0.6) is 0 Å². The van der Waals surface area contributed by atoms with Gasteiger partial charge in [0, 0.05) is 12.1 Å². The zero-order chi connectivity index (χ0) is 21.3. The summed E-state index contributed by atoms with van der Waals surface area (Å²) in [5.41, 5.74) is 4.06. The molecule has 0 spiro atoms. The molecule has 0 saturated heterocycles. The van der Waals surface area contributed by atoms with Crippen molar-refractivity contribution in [1.82, 2.24) is 30.4 Å². The van der Waals surface area contributed by atoms with Crippen LogP contribution in [0.25, 0.3) is 11.5 Å². The summed E-state index contributed by atoms with van der Waals surface area (Å²) in [6, 6.07) is 18.2. The van der Waals surface area contributed by atoms with Crippen LogP contribution in [0.1, 0.15) is 23.7 Å². The Balaban J connectivity index is 1.37. The standard InChI is InChI=1S/C23H25N7O/c1-2-25-23(27-13-21-15-31-22(29-21)20-9-4-3-5-10-20)26-12-18-7-6-8-19(11-18)14-30-17-24-16-28-30/h3-11,15-17H,2,12-14H2,1H3,(H2,25,26,27). The number of nitrogens with zero attached hydrogens (tertiary/aromatic N) is 5. The highest BCUT2D eigenvalue weighted by Gasteiger charge is 2.07. The Labute approximate surface area is 181 Å². The van der Waals surface area contributed by atoms with Crippen molar-refractivity contribution in [1.29, 1.82) is 0 Å². The van der Waals surface area contributed by atoms with Crippen molar-refractivity contribution in [3.05, 3.63) is 90.3 Å². The fraction of sp³-hybridized carbons (Fsp3) is 0.217. The van der Waals surface area contributed by atoms with Crippen LogP contribution < -0.4 is 10.6 Å². The van der Waals surface area contributed by atoms with E-state index in [-0.39, 0.29) is 0 Å². The lowest BCUT2D eigenvalue weighted by Gasteiger charge is -2.10. The smallest absolute Gasteiger partial charge is 0.226 e. The number of guanidine groups is 1. The summed E-state index contributed by atoms with van der Waals surface area (Å²) in [6.07, 6.45) is 4.93. The summed E-state index contributed by atoms with van der Waals surface area (Å²) in [4.78, 5) is 13.2. The van der Waals surface area contributed by atoms with Crippen molar-refractivity contribution < 1.29 is 4.42 Å². The third-order valence-electron chi connectivity index (χ3n) is 4.58. The van der Waals surface area contributed by atoms with Crippen LogP contribution >= 0.6 is 0 Å². The number of oxazole rings is 1. The summed E-state index contributed by atoms with van der Waals surface area (Å²) in [7, 11) is 0. The number of nitrogens with one attached hydrogen (secondary N) is 2. The van der Waals surface area contributed by atoms with E-state index in [1.807, 2.05) is 43.3 Å².